The summed E-state index contributed by atoms with van der Waals surface area (Å²) in [6.45, 7) is 10.6. The molecule has 0 unspecified atom stereocenters. The highest BCUT2D eigenvalue weighted by Crippen LogP contribution is 2.37. The lowest BCUT2D eigenvalue weighted by Gasteiger charge is -2.20. The number of nitrogens with zero attached hydrogens (tertiary/aromatic N) is 1. The summed E-state index contributed by atoms with van der Waals surface area (Å²) >= 11 is 0.654. The van der Waals surface area contributed by atoms with Crippen molar-refractivity contribution >= 4 is 11.3 Å². The molecule has 0 fully saturated rings. The number of hydrogen-bond acceptors (Lipinski definition) is 2. The lowest BCUT2D eigenvalue weighted by atomic mass is 9.85. The summed E-state index contributed by atoms with van der Waals surface area (Å²) in [7, 11) is 0. The second kappa shape index (κ2) is 6.63. The molecule has 126 valence electrons. The van der Waals surface area contributed by atoms with Gasteiger partial charge in [-0.15, -0.1) is 11.3 Å². The van der Waals surface area contributed by atoms with E-state index in [2.05, 4.69) is 39.6 Å². The largest absolute Gasteiger partial charge is 0.443 e. The highest BCUT2D eigenvalue weighted by Gasteiger charge is 2.34. The first-order valence-electron chi connectivity index (χ1n) is 7.84. The van der Waals surface area contributed by atoms with Crippen molar-refractivity contribution in [2.45, 2.75) is 59.1 Å². The molecule has 0 atom stereocenters. The molecule has 0 aliphatic heterocycles. The Morgan fingerprint density at radius 1 is 1.04 bits per heavy atom. The van der Waals surface area contributed by atoms with Gasteiger partial charge in [-0.3, -0.25) is 0 Å². The van der Waals surface area contributed by atoms with E-state index < -0.39 is 11.2 Å². The maximum Gasteiger partial charge on any atom is 0.443 e. The van der Waals surface area contributed by atoms with Crippen molar-refractivity contribution < 1.29 is 13.2 Å². The molecule has 0 aliphatic carbocycles. The quantitative estimate of drug-likeness (QED) is 0.607. The minimum Gasteiger partial charge on any atom is -0.232 e. The molecule has 2 rings (SSSR count). The van der Waals surface area contributed by atoms with Crippen LogP contribution in [-0.4, -0.2) is 4.98 Å². The van der Waals surface area contributed by atoms with Crippen molar-refractivity contribution in [2.75, 3.05) is 0 Å². The van der Waals surface area contributed by atoms with E-state index in [0.717, 1.165) is 12.0 Å². The summed E-state index contributed by atoms with van der Waals surface area (Å²) in [6.07, 6.45) is -3.46. The standard InChI is InChI=1S/C18H22F3NS/c1-6-13-14(10(2)3)7-12(8-15(13)11(4)5)16-9-23-17(22-16)18(19,20)21/h7-11H,6H2,1-5H3. The third kappa shape index (κ3) is 3.77. The zero-order valence-corrected chi connectivity index (χ0v) is 14.9. The number of hydrogen-bond donors (Lipinski definition) is 0. The van der Waals surface area contributed by atoms with E-state index in [1.54, 1.807) is 0 Å². The third-order valence-corrected chi connectivity index (χ3v) is 4.85. The van der Waals surface area contributed by atoms with Crippen LogP contribution in [0.5, 0.6) is 0 Å². The molecule has 1 aromatic heterocycles. The van der Waals surface area contributed by atoms with Crippen LogP contribution in [-0.2, 0) is 12.6 Å². The maximum absolute atomic E-state index is 12.8. The van der Waals surface area contributed by atoms with Crippen molar-refractivity contribution in [3.05, 3.63) is 39.2 Å². The molecule has 23 heavy (non-hydrogen) atoms. The van der Waals surface area contributed by atoms with Gasteiger partial charge in [-0.25, -0.2) is 4.98 Å². The number of rotatable bonds is 4. The zero-order valence-electron chi connectivity index (χ0n) is 14.1. The van der Waals surface area contributed by atoms with Gasteiger partial charge in [0.15, 0.2) is 5.01 Å². The van der Waals surface area contributed by atoms with Gasteiger partial charge in [-0.1, -0.05) is 34.6 Å². The van der Waals surface area contributed by atoms with Gasteiger partial charge in [0.25, 0.3) is 0 Å². The molecule has 2 aromatic rings. The fourth-order valence-electron chi connectivity index (χ4n) is 2.84. The summed E-state index contributed by atoms with van der Waals surface area (Å²) in [6, 6.07) is 4.01. The Kier molecular flexibility index (Phi) is 5.19. The maximum atomic E-state index is 12.8. The van der Waals surface area contributed by atoms with Gasteiger partial charge in [-0.05, 0) is 47.1 Å². The first-order valence-corrected chi connectivity index (χ1v) is 8.72. The van der Waals surface area contributed by atoms with Crippen molar-refractivity contribution in [1.82, 2.24) is 4.98 Å². The predicted octanol–water partition coefficient (Wildman–Crippen LogP) is 6.64. The number of halogens is 3. The van der Waals surface area contributed by atoms with Crippen LogP contribution in [0.3, 0.4) is 0 Å². The zero-order chi connectivity index (χ0) is 17.4. The van der Waals surface area contributed by atoms with Crippen molar-refractivity contribution in [3.8, 4) is 11.3 Å². The fraction of sp³-hybridized carbons (Fsp3) is 0.500. The number of benzene rings is 1. The third-order valence-electron chi connectivity index (χ3n) is 3.96. The van der Waals surface area contributed by atoms with Crippen molar-refractivity contribution in [1.29, 1.82) is 0 Å². The van der Waals surface area contributed by atoms with E-state index in [1.165, 1.54) is 22.1 Å². The predicted molar refractivity (Wildman–Crippen MR) is 90.1 cm³/mol. The normalized spacial score (nSPS) is 12.4. The van der Waals surface area contributed by atoms with Gasteiger partial charge >= 0.3 is 6.18 Å². The molecule has 0 bridgehead atoms. The lowest BCUT2D eigenvalue weighted by molar-refractivity contribution is -0.137. The highest BCUT2D eigenvalue weighted by molar-refractivity contribution is 7.10. The molecule has 0 saturated carbocycles. The van der Waals surface area contributed by atoms with Gasteiger partial charge in [0, 0.05) is 10.9 Å². The van der Waals surface area contributed by atoms with Crippen LogP contribution in [0.4, 0.5) is 13.2 Å². The van der Waals surface area contributed by atoms with Crippen LogP contribution in [0, 0.1) is 0 Å². The Labute approximate surface area is 139 Å². The van der Waals surface area contributed by atoms with E-state index in [9.17, 15) is 13.2 Å². The number of aromatic nitrogens is 1. The van der Waals surface area contributed by atoms with E-state index >= 15 is 0 Å². The van der Waals surface area contributed by atoms with Crippen LogP contribution in [0.1, 0.15) is 68.2 Å². The van der Waals surface area contributed by atoms with Crippen LogP contribution >= 0.6 is 11.3 Å². The molecule has 1 aromatic carbocycles. The van der Waals surface area contributed by atoms with Gasteiger partial charge in [0.1, 0.15) is 0 Å². The Balaban J connectivity index is 2.61. The summed E-state index contributed by atoms with van der Waals surface area (Å²) in [5.74, 6) is 0.645. The van der Waals surface area contributed by atoms with E-state index in [4.69, 9.17) is 0 Å². The minimum absolute atomic E-state index is 0.322. The first kappa shape index (κ1) is 18.0. The summed E-state index contributed by atoms with van der Waals surface area (Å²) in [4.78, 5) is 3.80. The molecule has 0 amide bonds. The van der Waals surface area contributed by atoms with Gasteiger partial charge in [0.2, 0.25) is 0 Å². The van der Waals surface area contributed by atoms with Crippen LogP contribution < -0.4 is 0 Å². The molecule has 0 radical (unpaired) electrons. The van der Waals surface area contributed by atoms with Gasteiger partial charge in [-0.2, -0.15) is 13.2 Å². The Morgan fingerprint density at radius 2 is 1.57 bits per heavy atom. The second-order valence-electron chi connectivity index (χ2n) is 6.33. The minimum atomic E-state index is -4.38. The average Bonchev–Trinajstić information content (AvgIpc) is 2.95. The van der Waals surface area contributed by atoms with E-state index in [1.807, 2.05) is 12.1 Å². The lowest BCUT2D eigenvalue weighted by Crippen LogP contribution is -2.05. The van der Waals surface area contributed by atoms with Crippen molar-refractivity contribution in [3.63, 3.8) is 0 Å². The summed E-state index contributed by atoms with van der Waals surface area (Å²) < 4.78 is 38.4. The molecule has 0 saturated heterocycles. The van der Waals surface area contributed by atoms with Crippen LogP contribution in [0.2, 0.25) is 0 Å². The average molecular weight is 341 g/mol. The monoisotopic (exact) mass is 341 g/mol. The Bertz CT molecular complexity index is 655. The van der Waals surface area contributed by atoms with Crippen LogP contribution in [0.25, 0.3) is 11.3 Å². The number of thiazole rings is 1. The van der Waals surface area contributed by atoms with E-state index in [0.29, 0.717) is 28.9 Å². The van der Waals surface area contributed by atoms with E-state index in [-0.39, 0.29) is 0 Å². The summed E-state index contributed by atoms with van der Waals surface area (Å²) in [5.41, 5.74) is 4.91. The topological polar surface area (TPSA) is 12.9 Å². The molecule has 5 heteroatoms. The molecule has 1 nitrogen and oxygen atoms in total. The molecule has 0 aliphatic rings. The molecule has 1 heterocycles. The van der Waals surface area contributed by atoms with Gasteiger partial charge < -0.3 is 0 Å². The SMILES string of the molecule is CCc1c(C(C)C)cc(-c2csc(C(F)(F)F)n2)cc1C(C)C. The fourth-order valence-corrected chi connectivity index (χ4v) is 3.54. The van der Waals surface area contributed by atoms with Crippen LogP contribution in [0.15, 0.2) is 17.5 Å². The van der Waals surface area contributed by atoms with Gasteiger partial charge in [0.05, 0.1) is 5.69 Å². The second-order valence-corrected chi connectivity index (χ2v) is 7.19. The summed E-state index contributed by atoms with van der Waals surface area (Å²) in [5, 5.41) is 0.710. The smallest absolute Gasteiger partial charge is 0.232 e. The Morgan fingerprint density at radius 3 is 1.91 bits per heavy atom. The number of alkyl halides is 3. The Hall–Kier alpha value is -1.36. The van der Waals surface area contributed by atoms with Crippen molar-refractivity contribution in [2.24, 2.45) is 0 Å². The molecular weight excluding hydrogens is 319 g/mol. The molecule has 0 spiro atoms. The molecular formula is C18H22F3NS. The highest BCUT2D eigenvalue weighted by atomic mass is 32.1. The molecule has 0 N–H and O–H groups in total. The first-order chi connectivity index (χ1) is 10.6.